The van der Waals surface area contributed by atoms with Gasteiger partial charge in [0.25, 0.3) is 0 Å². The average molecular weight is 414 g/mol. The van der Waals surface area contributed by atoms with Crippen molar-refractivity contribution < 1.29 is 9.47 Å². The van der Waals surface area contributed by atoms with Crippen LogP contribution in [0.15, 0.2) is 76.1 Å². The van der Waals surface area contributed by atoms with Crippen molar-refractivity contribution in [2.75, 3.05) is 38.6 Å². The van der Waals surface area contributed by atoms with Gasteiger partial charge in [0.15, 0.2) is 6.40 Å². The highest BCUT2D eigenvalue weighted by Crippen LogP contribution is 2.17. The van der Waals surface area contributed by atoms with E-state index in [-0.39, 0.29) is 5.44 Å². The second kappa shape index (κ2) is 13.8. The average Bonchev–Trinajstić information content (AvgIpc) is 2.95. The normalized spacial score (nSPS) is 18.7. The molecule has 1 aliphatic carbocycles. The van der Waals surface area contributed by atoms with Gasteiger partial charge in [0.2, 0.25) is 0 Å². The van der Waals surface area contributed by atoms with Gasteiger partial charge >= 0.3 is 0 Å². The smallest absolute Gasteiger partial charge is 0.171 e. The van der Waals surface area contributed by atoms with Crippen LogP contribution >= 0.6 is 11.8 Å². The number of rotatable bonds is 10. The van der Waals surface area contributed by atoms with Gasteiger partial charge in [-0.2, -0.15) is 0 Å². The van der Waals surface area contributed by atoms with E-state index in [1.165, 1.54) is 11.1 Å². The van der Waals surface area contributed by atoms with Crippen molar-refractivity contribution in [3.05, 3.63) is 66.1 Å². The Morgan fingerprint density at radius 1 is 1.38 bits per heavy atom. The van der Waals surface area contributed by atoms with Gasteiger partial charge in [0.05, 0.1) is 13.2 Å². The van der Waals surface area contributed by atoms with E-state index < -0.39 is 0 Å². The summed E-state index contributed by atoms with van der Waals surface area (Å²) in [5, 5.41) is 0. The number of hydrogen-bond donors (Lipinski definition) is 0. The summed E-state index contributed by atoms with van der Waals surface area (Å²) in [5.74, 6) is 1.81. The van der Waals surface area contributed by atoms with Crippen LogP contribution in [0.2, 0.25) is 0 Å². The third-order valence-corrected chi connectivity index (χ3v) is 5.28. The van der Waals surface area contributed by atoms with E-state index in [1.54, 1.807) is 24.4 Å². The molecule has 0 amide bonds. The largest absolute Gasteiger partial charge is 0.470 e. The molecule has 0 N–H and O–H groups in total. The van der Waals surface area contributed by atoms with Crippen LogP contribution < -0.4 is 0 Å². The van der Waals surface area contributed by atoms with Crippen molar-refractivity contribution in [2.45, 2.75) is 25.7 Å². The molecule has 0 aromatic rings. The Hall–Kier alpha value is -2.27. The van der Waals surface area contributed by atoms with Crippen LogP contribution in [0.4, 0.5) is 0 Å². The molecular weight excluding hydrogens is 382 g/mol. The van der Waals surface area contributed by atoms with Crippen molar-refractivity contribution in [3.63, 3.8) is 0 Å². The Morgan fingerprint density at radius 3 is 3.00 bits per heavy atom. The number of hydrogen-bond acceptors (Lipinski definition) is 5. The quantitative estimate of drug-likeness (QED) is 0.174. The molecule has 1 fully saturated rings. The molecule has 0 radical (unpaired) electrons. The third kappa shape index (κ3) is 9.66. The summed E-state index contributed by atoms with van der Waals surface area (Å²) in [6.07, 6.45) is 16.3. The lowest BCUT2D eigenvalue weighted by molar-refractivity contribution is 0.0684. The Labute approximate surface area is 179 Å². The lowest BCUT2D eigenvalue weighted by atomic mass is 10.2. The summed E-state index contributed by atoms with van der Waals surface area (Å²) in [6.45, 7) is 11.7. The topological polar surface area (TPSA) is 46.4 Å². The predicted molar refractivity (Wildman–Crippen MR) is 125 cm³/mol. The molecule has 0 saturated carbocycles. The second-order valence-corrected chi connectivity index (χ2v) is 7.88. The maximum atomic E-state index is 5.65. The van der Waals surface area contributed by atoms with Crippen LogP contribution in [0.1, 0.15) is 20.3 Å². The summed E-state index contributed by atoms with van der Waals surface area (Å²) in [4.78, 5) is 10.9. The second-order valence-electron chi connectivity index (χ2n) is 6.59. The van der Waals surface area contributed by atoms with Gasteiger partial charge in [-0.05, 0) is 49.6 Å². The van der Waals surface area contributed by atoms with Crippen molar-refractivity contribution in [3.8, 4) is 0 Å². The van der Waals surface area contributed by atoms with E-state index in [9.17, 15) is 0 Å². The molecule has 0 spiro atoms. The minimum atomic E-state index is 0.0496. The number of thioether (sulfide) groups is 1. The van der Waals surface area contributed by atoms with Crippen LogP contribution in [0, 0.1) is 0 Å². The Morgan fingerprint density at radius 2 is 2.21 bits per heavy atom. The number of allylic oxidation sites excluding steroid dienone is 4. The molecule has 1 atom stereocenters. The summed E-state index contributed by atoms with van der Waals surface area (Å²) in [7, 11) is 0. The highest BCUT2D eigenvalue weighted by atomic mass is 32.2. The first-order chi connectivity index (χ1) is 14.2. The zero-order valence-corrected chi connectivity index (χ0v) is 18.2. The highest BCUT2D eigenvalue weighted by Gasteiger charge is 2.12. The first-order valence-electron chi connectivity index (χ1n) is 9.92. The molecule has 0 aromatic heterocycles. The molecule has 0 aromatic carbocycles. The Bertz CT molecular complexity index is 737. The van der Waals surface area contributed by atoms with Gasteiger partial charge in [0, 0.05) is 31.6 Å². The van der Waals surface area contributed by atoms with Gasteiger partial charge in [-0.15, -0.1) is 17.5 Å². The highest BCUT2D eigenvalue weighted by molar-refractivity contribution is 7.99. The van der Waals surface area contributed by atoms with E-state index in [4.69, 9.17) is 9.47 Å². The molecule has 1 heterocycles. The Balaban J connectivity index is 1.64. The van der Waals surface area contributed by atoms with E-state index in [0.29, 0.717) is 6.54 Å². The molecule has 1 unspecified atom stereocenters. The predicted octanol–water partition coefficient (Wildman–Crippen LogP) is 4.53. The molecule has 2 aliphatic rings. The first-order valence-corrected chi connectivity index (χ1v) is 11.0. The van der Waals surface area contributed by atoms with Crippen molar-refractivity contribution in [2.24, 2.45) is 9.98 Å². The molecular formula is C23H31N3O2S. The summed E-state index contributed by atoms with van der Waals surface area (Å²) >= 11 is 1.74. The number of ether oxygens (including phenoxy) is 2. The minimum absolute atomic E-state index is 0.0496. The molecule has 0 bridgehead atoms. The van der Waals surface area contributed by atoms with Gasteiger partial charge in [-0.25, -0.2) is 4.99 Å². The van der Waals surface area contributed by atoms with Crippen molar-refractivity contribution >= 4 is 24.0 Å². The molecule has 2 rings (SSSR count). The SMILES string of the molecule is C=CN=C(/C=C\CCN=COC(C)SCC1=CC=C(C)C=C=C1)N1CCOCC1. The third-order valence-electron chi connectivity index (χ3n) is 4.20. The van der Waals surface area contributed by atoms with Crippen LogP contribution in [0.5, 0.6) is 0 Å². The zero-order chi connectivity index (χ0) is 20.7. The van der Waals surface area contributed by atoms with Gasteiger partial charge in [0.1, 0.15) is 11.3 Å². The first kappa shape index (κ1) is 23.0. The summed E-state index contributed by atoms with van der Waals surface area (Å²) in [5.41, 5.74) is 5.67. The number of morpholine rings is 1. The van der Waals surface area contributed by atoms with Crippen molar-refractivity contribution in [1.29, 1.82) is 0 Å². The lowest BCUT2D eigenvalue weighted by Gasteiger charge is -2.28. The van der Waals surface area contributed by atoms with Crippen LogP contribution in [0.3, 0.4) is 0 Å². The minimum Gasteiger partial charge on any atom is -0.470 e. The van der Waals surface area contributed by atoms with Crippen LogP contribution in [0.25, 0.3) is 0 Å². The standard InChI is InChI=1S/C23H31N3O2S/c1-4-25-23(26-14-16-27-17-15-26)10-5-6-13-24-19-28-21(3)29-18-22-9-7-8-20(2)11-12-22/h4-5,8-12,19,21H,1,6,13-18H2,2-3H3/b10-5-,24-19?,25-23?. The van der Waals surface area contributed by atoms with E-state index in [0.717, 1.165) is 44.3 Å². The number of amidine groups is 1. The fraction of sp³-hybridized carbons (Fsp3) is 0.435. The monoisotopic (exact) mass is 413 g/mol. The molecule has 1 saturated heterocycles. The van der Waals surface area contributed by atoms with Gasteiger partial charge < -0.3 is 14.4 Å². The molecule has 1 aliphatic heterocycles. The van der Waals surface area contributed by atoms with Gasteiger partial charge in [-0.1, -0.05) is 24.8 Å². The fourth-order valence-electron chi connectivity index (χ4n) is 2.59. The summed E-state index contributed by atoms with van der Waals surface area (Å²) < 4.78 is 11.0. The van der Waals surface area contributed by atoms with Crippen molar-refractivity contribution in [1.82, 2.24) is 4.90 Å². The Kier molecular flexibility index (Phi) is 11.0. The van der Waals surface area contributed by atoms with Crippen LogP contribution in [-0.4, -0.2) is 61.2 Å². The fourth-order valence-corrected chi connectivity index (χ4v) is 3.33. The molecule has 156 valence electrons. The zero-order valence-electron chi connectivity index (χ0n) is 17.4. The van der Waals surface area contributed by atoms with Gasteiger partial charge in [-0.3, -0.25) is 4.99 Å². The van der Waals surface area contributed by atoms with Crippen LogP contribution in [-0.2, 0) is 9.47 Å². The molecule has 6 heteroatoms. The van der Waals surface area contributed by atoms with E-state index >= 15 is 0 Å². The maximum absolute atomic E-state index is 5.65. The number of aliphatic imine (C=N–C) groups is 2. The van der Waals surface area contributed by atoms with E-state index in [1.807, 2.05) is 25.2 Å². The summed E-state index contributed by atoms with van der Waals surface area (Å²) in [6, 6.07) is 0. The van der Waals surface area contributed by atoms with E-state index in [2.05, 4.69) is 52.3 Å². The molecule has 29 heavy (non-hydrogen) atoms. The molecule has 5 nitrogen and oxygen atoms in total. The number of nitrogens with zero attached hydrogens (tertiary/aromatic N) is 3. The lowest BCUT2D eigenvalue weighted by Crippen LogP contribution is -2.39. The maximum Gasteiger partial charge on any atom is 0.171 e.